The van der Waals surface area contributed by atoms with E-state index in [2.05, 4.69) is 14.9 Å². The van der Waals surface area contributed by atoms with Crippen molar-refractivity contribution in [2.24, 2.45) is 0 Å². The van der Waals surface area contributed by atoms with Crippen molar-refractivity contribution < 1.29 is 35.8 Å². The molecule has 0 amide bonds. The zero-order chi connectivity index (χ0) is 21.1. The number of benzene rings is 1. The van der Waals surface area contributed by atoms with Crippen molar-refractivity contribution in [2.75, 3.05) is 20.2 Å². The highest BCUT2D eigenvalue weighted by Gasteiger charge is 2.33. The third-order valence-corrected chi connectivity index (χ3v) is 6.03. The Bertz CT molecular complexity index is 921. The number of hydrogen-bond acceptors (Lipinski definition) is 7. The number of alkyl halides is 3. The van der Waals surface area contributed by atoms with Crippen molar-refractivity contribution in [1.29, 1.82) is 0 Å². The van der Waals surface area contributed by atoms with Crippen molar-refractivity contribution >= 4 is 10.0 Å². The van der Waals surface area contributed by atoms with Crippen LogP contribution >= 0.6 is 0 Å². The molecule has 0 aliphatic carbocycles. The number of methoxy groups -OCH3 is 1. The molecule has 3 rings (SSSR count). The van der Waals surface area contributed by atoms with Gasteiger partial charge < -0.3 is 14.2 Å². The zero-order valence-corrected chi connectivity index (χ0v) is 16.1. The molecular formula is C17H18F3N3O5S. The van der Waals surface area contributed by atoms with Gasteiger partial charge in [-0.3, -0.25) is 0 Å². The highest BCUT2D eigenvalue weighted by atomic mass is 32.2. The van der Waals surface area contributed by atoms with Gasteiger partial charge in [-0.25, -0.2) is 8.42 Å². The summed E-state index contributed by atoms with van der Waals surface area (Å²) in [6.45, 7) is 0.355. The minimum atomic E-state index is -4.85. The molecule has 2 heterocycles. The van der Waals surface area contributed by atoms with Gasteiger partial charge in [0.1, 0.15) is 11.9 Å². The second kappa shape index (κ2) is 8.41. The summed E-state index contributed by atoms with van der Waals surface area (Å²) < 4.78 is 78.0. The summed E-state index contributed by atoms with van der Waals surface area (Å²) in [5.74, 6) is 0.0706. The fourth-order valence-electron chi connectivity index (χ4n) is 2.83. The van der Waals surface area contributed by atoms with Gasteiger partial charge in [0, 0.05) is 18.7 Å². The highest BCUT2D eigenvalue weighted by molar-refractivity contribution is 7.89. The van der Waals surface area contributed by atoms with E-state index in [1.165, 1.54) is 11.4 Å². The quantitative estimate of drug-likeness (QED) is 0.692. The maximum atomic E-state index is 12.8. The number of halogens is 3. The average molecular weight is 433 g/mol. The molecule has 8 nitrogen and oxygen atoms in total. The fraction of sp³-hybridized carbons (Fsp3) is 0.412. The van der Waals surface area contributed by atoms with Crippen LogP contribution < -0.4 is 14.2 Å². The van der Waals surface area contributed by atoms with E-state index in [1.807, 2.05) is 0 Å². The summed E-state index contributed by atoms with van der Waals surface area (Å²) in [6, 6.07) is 7.23. The van der Waals surface area contributed by atoms with Gasteiger partial charge >= 0.3 is 6.36 Å². The first-order valence-corrected chi connectivity index (χ1v) is 10.0. The van der Waals surface area contributed by atoms with Gasteiger partial charge in [-0.1, -0.05) is 0 Å². The molecular weight excluding hydrogens is 415 g/mol. The van der Waals surface area contributed by atoms with E-state index in [0.717, 1.165) is 24.3 Å². The number of aromatic nitrogens is 2. The smallest absolute Gasteiger partial charge is 0.480 e. The molecule has 0 bridgehead atoms. The second-order valence-electron chi connectivity index (χ2n) is 6.18. The Morgan fingerprint density at radius 3 is 2.31 bits per heavy atom. The minimum absolute atomic E-state index is 0.0802. The number of sulfonamides is 1. The Morgan fingerprint density at radius 1 is 1.07 bits per heavy atom. The number of rotatable bonds is 6. The molecule has 1 aliphatic rings. The van der Waals surface area contributed by atoms with Crippen LogP contribution in [0.4, 0.5) is 13.2 Å². The Morgan fingerprint density at radius 2 is 1.72 bits per heavy atom. The van der Waals surface area contributed by atoms with Crippen molar-refractivity contribution in [1.82, 2.24) is 14.5 Å². The summed E-state index contributed by atoms with van der Waals surface area (Å²) in [4.78, 5) is -0.128. The molecule has 1 aliphatic heterocycles. The van der Waals surface area contributed by atoms with Crippen LogP contribution in [-0.4, -0.2) is 55.6 Å². The molecule has 1 aromatic carbocycles. The van der Waals surface area contributed by atoms with E-state index in [1.54, 1.807) is 12.1 Å². The van der Waals surface area contributed by atoms with E-state index in [0.29, 0.717) is 18.7 Å². The largest absolute Gasteiger partial charge is 0.573 e. The SMILES string of the molecule is COc1ccc(OC2CCCN(S(=O)(=O)c3ccc(OC(F)(F)F)cc3)C2)nn1. The summed E-state index contributed by atoms with van der Waals surface area (Å²) in [7, 11) is -2.44. The molecule has 1 unspecified atom stereocenters. The summed E-state index contributed by atoms with van der Waals surface area (Å²) in [5, 5.41) is 7.65. The molecule has 0 spiro atoms. The molecule has 158 valence electrons. The third kappa shape index (κ3) is 5.48. The first-order valence-electron chi connectivity index (χ1n) is 8.58. The molecule has 0 N–H and O–H groups in total. The summed E-state index contributed by atoms with van der Waals surface area (Å²) >= 11 is 0. The van der Waals surface area contributed by atoms with Crippen LogP contribution in [0.25, 0.3) is 0 Å². The Kier molecular flexibility index (Phi) is 6.13. The van der Waals surface area contributed by atoms with E-state index in [-0.39, 0.29) is 23.9 Å². The topological polar surface area (TPSA) is 90.9 Å². The molecule has 1 atom stereocenters. The van der Waals surface area contributed by atoms with Crippen molar-refractivity contribution in [3.63, 3.8) is 0 Å². The minimum Gasteiger partial charge on any atom is -0.480 e. The molecule has 0 saturated carbocycles. The van der Waals surface area contributed by atoms with E-state index < -0.39 is 28.2 Å². The van der Waals surface area contributed by atoms with Crippen molar-refractivity contribution in [3.05, 3.63) is 36.4 Å². The van der Waals surface area contributed by atoms with Crippen molar-refractivity contribution in [2.45, 2.75) is 30.2 Å². The van der Waals surface area contributed by atoms with Crippen LogP contribution in [0.2, 0.25) is 0 Å². The van der Waals surface area contributed by atoms with E-state index in [4.69, 9.17) is 9.47 Å². The lowest BCUT2D eigenvalue weighted by molar-refractivity contribution is -0.274. The number of piperidine rings is 1. The Balaban J connectivity index is 1.68. The Labute approximate surface area is 165 Å². The normalized spacial score (nSPS) is 18.3. The van der Waals surface area contributed by atoms with Gasteiger partial charge in [0.15, 0.2) is 0 Å². The Hall–Kier alpha value is -2.60. The first-order chi connectivity index (χ1) is 13.7. The maximum Gasteiger partial charge on any atom is 0.573 e. The predicted molar refractivity (Wildman–Crippen MR) is 94.1 cm³/mol. The highest BCUT2D eigenvalue weighted by Crippen LogP contribution is 2.27. The lowest BCUT2D eigenvalue weighted by Crippen LogP contribution is -2.44. The van der Waals surface area contributed by atoms with Crippen molar-refractivity contribution in [3.8, 4) is 17.5 Å². The van der Waals surface area contributed by atoms with Gasteiger partial charge in [-0.2, -0.15) is 4.31 Å². The summed E-state index contributed by atoms with van der Waals surface area (Å²) in [6.07, 6.45) is -4.10. The number of hydrogen-bond donors (Lipinski definition) is 0. The van der Waals surface area contributed by atoms with Crippen LogP contribution in [0.1, 0.15) is 12.8 Å². The maximum absolute atomic E-state index is 12.8. The standard InChI is InChI=1S/C17H18F3N3O5S/c1-26-15-8-9-16(22-21-15)27-13-3-2-10-23(11-13)29(24,25)14-6-4-12(5-7-14)28-17(18,19)20/h4-9,13H,2-3,10-11H2,1H3. The molecule has 1 fully saturated rings. The van der Waals surface area contributed by atoms with Crippen LogP contribution in [0.3, 0.4) is 0 Å². The average Bonchev–Trinajstić information content (AvgIpc) is 2.68. The second-order valence-corrected chi connectivity index (χ2v) is 8.12. The fourth-order valence-corrected chi connectivity index (χ4v) is 4.34. The predicted octanol–water partition coefficient (Wildman–Crippen LogP) is 2.62. The number of ether oxygens (including phenoxy) is 3. The van der Waals surface area contributed by atoms with Gasteiger partial charge in [0.2, 0.25) is 21.8 Å². The van der Waals surface area contributed by atoms with Gasteiger partial charge in [-0.15, -0.1) is 23.4 Å². The van der Waals surface area contributed by atoms with Gasteiger partial charge in [0.05, 0.1) is 18.6 Å². The molecule has 1 saturated heterocycles. The monoisotopic (exact) mass is 433 g/mol. The molecule has 29 heavy (non-hydrogen) atoms. The lowest BCUT2D eigenvalue weighted by Gasteiger charge is -2.31. The lowest BCUT2D eigenvalue weighted by atomic mass is 10.1. The molecule has 12 heteroatoms. The van der Waals surface area contributed by atoms with Crippen LogP contribution in [0, 0.1) is 0 Å². The molecule has 1 aromatic heterocycles. The third-order valence-electron chi connectivity index (χ3n) is 4.15. The van der Waals surface area contributed by atoms with Gasteiger partial charge in [-0.05, 0) is 37.1 Å². The molecule has 0 radical (unpaired) electrons. The zero-order valence-electron chi connectivity index (χ0n) is 15.3. The van der Waals surface area contributed by atoms with Crippen LogP contribution in [0.5, 0.6) is 17.5 Å². The van der Waals surface area contributed by atoms with Gasteiger partial charge in [0.25, 0.3) is 0 Å². The van der Waals surface area contributed by atoms with Crippen LogP contribution in [0.15, 0.2) is 41.3 Å². The molecule has 2 aromatic rings. The van der Waals surface area contributed by atoms with Crippen LogP contribution in [-0.2, 0) is 10.0 Å². The first kappa shape index (κ1) is 21.1. The van der Waals surface area contributed by atoms with E-state index >= 15 is 0 Å². The number of nitrogens with zero attached hydrogens (tertiary/aromatic N) is 3. The van der Waals surface area contributed by atoms with E-state index in [9.17, 15) is 21.6 Å². The summed E-state index contributed by atoms with van der Waals surface area (Å²) in [5.41, 5.74) is 0.